The van der Waals surface area contributed by atoms with Gasteiger partial charge >= 0.3 is 5.69 Å². The Morgan fingerprint density at radius 3 is 2.43 bits per heavy atom. The van der Waals surface area contributed by atoms with Crippen LogP contribution in [0.2, 0.25) is 0 Å². The first-order chi connectivity index (χ1) is 9.80. The van der Waals surface area contributed by atoms with Gasteiger partial charge in [-0.25, -0.2) is 18.4 Å². The SMILES string of the molecule is NS(=O)(=O)c1ccc2c(c1)c(=O)[nH]c(=O)n2C12CC(C1)C2. The van der Waals surface area contributed by atoms with Crippen molar-refractivity contribution in [3.05, 3.63) is 39.0 Å². The van der Waals surface area contributed by atoms with Crippen LogP contribution in [0.1, 0.15) is 19.3 Å². The van der Waals surface area contributed by atoms with Crippen LogP contribution in [0.15, 0.2) is 32.7 Å². The second-order valence-electron chi connectivity index (χ2n) is 6.02. The maximum Gasteiger partial charge on any atom is 0.329 e. The number of H-pyrrole nitrogens is 1. The Balaban J connectivity index is 2.07. The van der Waals surface area contributed by atoms with Crippen LogP contribution in [0.4, 0.5) is 0 Å². The zero-order valence-electron chi connectivity index (χ0n) is 11.0. The molecule has 3 fully saturated rings. The minimum atomic E-state index is -3.89. The van der Waals surface area contributed by atoms with Crippen LogP contribution in [-0.4, -0.2) is 18.0 Å². The smallest absolute Gasteiger partial charge is 0.287 e. The molecule has 2 bridgehead atoms. The first kappa shape index (κ1) is 12.8. The molecule has 0 atom stereocenters. The molecule has 1 aromatic heterocycles. The molecule has 3 saturated carbocycles. The molecular weight excluding hydrogens is 294 g/mol. The zero-order chi connectivity index (χ0) is 15.0. The first-order valence-electron chi connectivity index (χ1n) is 6.63. The van der Waals surface area contributed by atoms with E-state index < -0.39 is 21.3 Å². The Hall–Kier alpha value is -1.93. The van der Waals surface area contributed by atoms with Crippen LogP contribution < -0.4 is 16.4 Å². The lowest BCUT2D eigenvalue weighted by molar-refractivity contribution is -0.0888. The van der Waals surface area contributed by atoms with Crippen molar-refractivity contribution < 1.29 is 8.42 Å². The molecule has 5 rings (SSSR count). The Morgan fingerprint density at radius 2 is 1.90 bits per heavy atom. The minimum Gasteiger partial charge on any atom is -0.287 e. The highest BCUT2D eigenvalue weighted by Crippen LogP contribution is 2.62. The van der Waals surface area contributed by atoms with Gasteiger partial charge in [-0.05, 0) is 43.4 Å². The molecule has 21 heavy (non-hydrogen) atoms. The van der Waals surface area contributed by atoms with Gasteiger partial charge in [0.2, 0.25) is 10.0 Å². The molecule has 1 aromatic carbocycles. The van der Waals surface area contributed by atoms with E-state index in [4.69, 9.17) is 5.14 Å². The maximum absolute atomic E-state index is 12.2. The van der Waals surface area contributed by atoms with Gasteiger partial charge in [0.05, 0.1) is 21.3 Å². The van der Waals surface area contributed by atoms with E-state index in [1.807, 2.05) is 0 Å². The summed E-state index contributed by atoms with van der Waals surface area (Å²) in [6.07, 6.45) is 2.81. The van der Waals surface area contributed by atoms with Gasteiger partial charge in [0.25, 0.3) is 5.56 Å². The third kappa shape index (κ3) is 1.60. The number of fused-ring (bicyclic) bond motifs is 1. The molecule has 8 heteroatoms. The maximum atomic E-state index is 12.2. The summed E-state index contributed by atoms with van der Waals surface area (Å²) in [7, 11) is -3.89. The van der Waals surface area contributed by atoms with Crippen LogP contribution in [0, 0.1) is 5.92 Å². The summed E-state index contributed by atoms with van der Waals surface area (Å²) in [6.45, 7) is 0. The van der Waals surface area contributed by atoms with Gasteiger partial charge < -0.3 is 0 Å². The highest BCUT2D eigenvalue weighted by Gasteiger charge is 2.58. The van der Waals surface area contributed by atoms with Crippen LogP contribution in [0.25, 0.3) is 10.9 Å². The fourth-order valence-corrected chi connectivity index (χ4v) is 4.12. The average Bonchev–Trinajstić information content (AvgIpc) is 2.28. The van der Waals surface area contributed by atoms with Gasteiger partial charge in [-0.1, -0.05) is 0 Å². The van der Waals surface area contributed by atoms with E-state index in [9.17, 15) is 18.0 Å². The zero-order valence-corrected chi connectivity index (χ0v) is 11.8. The van der Waals surface area contributed by atoms with Crippen molar-refractivity contribution in [2.24, 2.45) is 11.1 Å². The molecule has 3 N–H and O–H groups in total. The summed E-state index contributed by atoms with van der Waals surface area (Å²) in [5, 5.41) is 5.26. The highest BCUT2D eigenvalue weighted by molar-refractivity contribution is 7.89. The molecule has 2 aromatic rings. The van der Waals surface area contributed by atoms with Crippen molar-refractivity contribution in [1.29, 1.82) is 0 Å². The van der Waals surface area contributed by atoms with Crippen molar-refractivity contribution in [1.82, 2.24) is 9.55 Å². The van der Waals surface area contributed by atoms with Crippen LogP contribution in [-0.2, 0) is 15.6 Å². The molecule has 0 unspecified atom stereocenters. The van der Waals surface area contributed by atoms with Gasteiger partial charge in [-0.3, -0.25) is 14.3 Å². The van der Waals surface area contributed by atoms with E-state index in [1.54, 1.807) is 4.57 Å². The van der Waals surface area contributed by atoms with Crippen LogP contribution >= 0.6 is 0 Å². The van der Waals surface area contributed by atoms with Crippen molar-refractivity contribution in [2.75, 3.05) is 0 Å². The largest absolute Gasteiger partial charge is 0.329 e. The van der Waals surface area contributed by atoms with Gasteiger partial charge in [-0.2, -0.15) is 0 Å². The summed E-state index contributed by atoms with van der Waals surface area (Å²) < 4.78 is 24.4. The molecule has 0 aliphatic heterocycles. The second kappa shape index (κ2) is 3.63. The normalized spacial score (nSPS) is 27.2. The standard InChI is InChI=1S/C13H13N3O4S/c14-21(19,20)8-1-2-10-9(3-8)11(17)15-12(18)16(10)13-4-7(5-13)6-13/h1-3,7H,4-6H2,(H2,14,19,20)(H,15,17,18). The average molecular weight is 307 g/mol. The van der Waals surface area contributed by atoms with Crippen LogP contribution in [0.5, 0.6) is 0 Å². The number of benzene rings is 1. The third-order valence-corrected chi connectivity index (χ3v) is 5.60. The number of hydrogen-bond acceptors (Lipinski definition) is 4. The number of primary sulfonamides is 1. The summed E-state index contributed by atoms with van der Waals surface area (Å²) in [6, 6.07) is 4.05. The Morgan fingerprint density at radius 1 is 1.24 bits per heavy atom. The Labute approximate surface area is 119 Å². The lowest BCUT2D eigenvalue weighted by atomic mass is 9.49. The highest BCUT2D eigenvalue weighted by atomic mass is 32.2. The number of aromatic amines is 1. The Bertz CT molecular complexity index is 985. The topological polar surface area (TPSA) is 115 Å². The molecule has 0 spiro atoms. The molecule has 3 aliphatic rings. The second-order valence-corrected chi connectivity index (χ2v) is 7.58. The molecule has 3 aliphatic carbocycles. The minimum absolute atomic E-state index is 0.136. The van der Waals surface area contributed by atoms with E-state index in [1.165, 1.54) is 18.2 Å². The van der Waals surface area contributed by atoms with Gasteiger partial charge in [0.15, 0.2) is 0 Å². The molecule has 0 radical (unpaired) electrons. The number of sulfonamides is 1. The third-order valence-electron chi connectivity index (χ3n) is 4.69. The molecule has 1 heterocycles. The van der Waals surface area contributed by atoms with E-state index in [-0.39, 0.29) is 15.8 Å². The number of rotatable bonds is 2. The molecule has 0 saturated heterocycles. The fourth-order valence-electron chi connectivity index (χ4n) is 3.58. The van der Waals surface area contributed by atoms with Crippen molar-refractivity contribution in [3.8, 4) is 0 Å². The predicted molar refractivity (Wildman–Crippen MR) is 75.5 cm³/mol. The summed E-state index contributed by atoms with van der Waals surface area (Å²) in [4.78, 5) is 26.3. The first-order valence-corrected chi connectivity index (χ1v) is 8.17. The quantitative estimate of drug-likeness (QED) is 0.802. The van der Waals surface area contributed by atoms with Crippen molar-refractivity contribution in [2.45, 2.75) is 29.7 Å². The van der Waals surface area contributed by atoms with E-state index in [2.05, 4.69) is 4.98 Å². The van der Waals surface area contributed by atoms with Crippen LogP contribution in [0.3, 0.4) is 0 Å². The molecule has 7 nitrogen and oxygen atoms in total. The number of aromatic nitrogens is 2. The number of nitrogens with zero attached hydrogens (tertiary/aromatic N) is 1. The fraction of sp³-hybridized carbons (Fsp3) is 0.385. The number of hydrogen-bond donors (Lipinski definition) is 2. The molecular formula is C13H13N3O4S. The predicted octanol–water partition coefficient (Wildman–Crippen LogP) is -0.154. The van der Waals surface area contributed by atoms with Gasteiger partial charge in [0, 0.05) is 0 Å². The number of nitrogens with two attached hydrogens (primary N) is 1. The van der Waals surface area contributed by atoms with Gasteiger partial charge in [0.1, 0.15) is 0 Å². The van der Waals surface area contributed by atoms with E-state index >= 15 is 0 Å². The molecule has 110 valence electrons. The lowest BCUT2D eigenvalue weighted by Gasteiger charge is -2.62. The van der Waals surface area contributed by atoms with Crippen molar-refractivity contribution in [3.63, 3.8) is 0 Å². The monoisotopic (exact) mass is 307 g/mol. The van der Waals surface area contributed by atoms with Crippen molar-refractivity contribution >= 4 is 20.9 Å². The van der Waals surface area contributed by atoms with Gasteiger partial charge in [-0.15, -0.1) is 0 Å². The van der Waals surface area contributed by atoms with E-state index in [0.29, 0.717) is 11.4 Å². The number of nitrogens with one attached hydrogen (secondary N) is 1. The summed E-state index contributed by atoms with van der Waals surface area (Å²) >= 11 is 0. The summed E-state index contributed by atoms with van der Waals surface area (Å²) in [5.74, 6) is 0.669. The Kier molecular flexibility index (Phi) is 2.21. The summed E-state index contributed by atoms with van der Waals surface area (Å²) in [5.41, 5.74) is -0.764. The molecule has 0 amide bonds. The van der Waals surface area contributed by atoms with E-state index in [0.717, 1.165) is 19.3 Å². The lowest BCUT2D eigenvalue weighted by Crippen LogP contribution is -2.62.